The molecule has 0 saturated carbocycles. The van der Waals surface area contributed by atoms with Gasteiger partial charge in [-0.05, 0) is 25.0 Å². The lowest BCUT2D eigenvalue weighted by molar-refractivity contribution is 0.282. The number of unbranched alkanes of at least 4 members (excludes halogenated alkanes) is 3. The number of aliphatic hydroxyl groups is 1. The van der Waals surface area contributed by atoms with E-state index in [1.807, 2.05) is 0 Å². The van der Waals surface area contributed by atoms with Crippen molar-refractivity contribution in [2.45, 2.75) is 25.7 Å². The Labute approximate surface area is 126 Å². The van der Waals surface area contributed by atoms with Crippen molar-refractivity contribution in [1.82, 2.24) is 4.72 Å². The van der Waals surface area contributed by atoms with Crippen LogP contribution in [0.5, 0.6) is 5.75 Å². The highest BCUT2D eigenvalue weighted by Gasteiger charge is 2.10. The Balaban J connectivity index is 2.19. The van der Waals surface area contributed by atoms with E-state index >= 15 is 0 Å². The summed E-state index contributed by atoms with van der Waals surface area (Å²) < 4.78 is 31.4. The third kappa shape index (κ3) is 7.89. The highest BCUT2D eigenvalue weighted by atomic mass is 32.2. The molecule has 0 aliphatic carbocycles. The van der Waals surface area contributed by atoms with Crippen molar-refractivity contribution in [3.63, 3.8) is 0 Å². The molecular formula is C14H24N2O4S. The highest BCUT2D eigenvalue weighted by Crippen LogP contribution is 2.19. The van der Waals surface area contributed by atoms with Crippen LogP contribution in [0.2, 0.25) is 0 Å². The number of nitrogen functional groups attached to an aromatic ring is 1. The minimum atomic E-state index is -3.32. The quantitative estimate of drug-likeness (QED) is 0.419. The van der Waals surface area contributed by atoms with Crippen molar-refractivity contribution < 1.29 is 18.3 Å². The van der Waals surface area contributed by atoms with E-state index in [4.69, 9.17) is 15.6 Å². The van der Waals surface area contributed by atoms with Crippen LogP contribution >= 0.6 is 0 Å². The summed E-state index contributed by atoms with van der Waals surface area (Å²) in [5.74, 6) is 0.398. The lowest BCUT2D eigenvalue weighted by Crippen LogP contribution is -2.29. The predicted octanol–water partition coefficient (Wildman–Crippen LogP) is 1.12. The number of anilines is 1. The molecule has 120 valence electrons. The maximum absolute atomic E-state index is 11.7. The van der Waals surface area contributed by atoms with Gasteiger partial charge in [-0.1, -0.05) is 25.0 Å². The summed E-state index contributed by atoms with van der Waals surface area (Å²) >= 11 is 0. The van der Waals surface area contributed by atoms with Crippen molar-refractivity contribution in [2.24, 2.45) is 0 Å². The van der Waals surface area contributed by atoms with Crippen LogP contribution in [0.25, 0.3) is 0 Å². The lowest BCUT2D eigenvalue weighted by atomic mass is 10.2. The van der Waals surface area contributed by atoms with Gasteiger partial charge in [0, 0.05) is 13.2 Å². The van der Waals surface area contributed by atoms with Gasteiger partial charge in [0.1, 0.15) is 12.4 Å². The summed E-state index contributed by atoms with van der Waals surface area (Å²) in [4.78, 5) is 0. The summed E-state index contributed by atoms with van der Waals surface area (Å²) in [7, 11) is -3.32. The minimum Gasteiger partial charge on any atom is -0.490 e. The molecule has 1 aromatic rings. The third-order valence-electron chi connectivity index (χ3n) is 2.94. The summed E-state index contributed by atoms with van der Waals surface area (Å²) in [6, 6.07) is 6.98. The van der Waals surface area contributed by atoms with E-state index in [9.17, 15) is 8.42 Å². The number of hydrogen-bond acceptors (Lipinski definition) is 5. The van der Waals surface area contributed by atoms with E-state index < -0.39 is 10.0 Å². The number of rotatable bonds is 11. The lowest BCUT2D eigenvalue weighted by Gasteiger charge is -2.09. The van der Waals surface area contributed by atoms with Gasteiger partial charge in [-0.3, -0.25) is 0 Å². The fourth-order valence-electron chi connectivity index (χ4n) is 1.76. The second-order valence-corrected chi connectivity index (χ2v) is 6.66. The Hall–Kier alpha value is -1.31. The molecule has 0 aromatic heterocycles. The molecule has 0 radical (unpaired) electrons. The average Bonchev–Trinajstić information content (AvgIpc) is 2.45. The van der Waals surface area contributed by atoms with Gasteiger partial charge >= 0.3 is 0 Å². The second kappa shape index (κ2) is 9.59. The number of para-hydroxylation sites is 2. The number of hydrogen-bond donors (Lipinski definition) is 3. The van der Waals surface area contributed by atoms with E-state index in [0.717, 1.165) is 25.7 Å². The van der Waals surface area contributed by atoms with Gasteiger partial charge < -0.3 is 15.6 Å². The Morgan fingerprint density at radius 3 is 2.57 bits per heavy atom. The van der Waals surface area contributed by atoms with Crippen LogP contribution in [0.4, 0.5) is 5.69 Å². The molecule has 0 spiro atoms. The van der Waals surface area contributed by atoms with E-state index in [-0.39, 0.29) is 19.0 Å². The normalized spacial score (nSPS) is 11.5. The molecule has 1 aromatic carbocycles. The maximum Gasteiger partial charge on any atom is 0.214 e. The van der Waals surface area contributed by atoms with Crippen LogP contribution < -0.4 is 15.2 Å². The van der Waals surface area contributed by atoms with Gasteiger partial charge in [-0.2, -0.15) is 0 Å². The fourth-order valence-corrected chi connectivity index (χ4v) is 2.67. The number of nitrogens with two attached hydrogens (primary N) is 1. The van der Waals surface area contributed by atoms with Crippen molar-refractivity contribution in [1.29, 1.82) is 0 Å². The van der Waals surface area contributed by atoms with Gasteiger partial charge in [0.15, 0.2) is 0 Å². The van der Waals surface area contributed by atoms with Crippen molar-refractivity contribution >= 4 is 15.7 Å². The standard InChI is InChI=1S/C14H24N2O4S/c15-13-7-3-4-8-14(13)20-11-12-21(18,19)16-9-5-1-2-6-10-17/h3-4,7-8,16-17H,1-2,5-6,9-12,15H2. The van der Waals surface area contributed by atoms with Crippen molar-refractivity contribution in [3.05, 3.63) is 24.3 Å². The zero-order valence-corrected chi connectivity index (χ0v) is 12.9. The molecule has 0 fully saturated rings. The molecule has 0 heterocycles. The van der Waals surface area contributed by atoms with E-state index in [2.05, 4.69) is 4.72 Å². The summed E-state index contributed by atoms with van der Waals surface area (Å²) in [6.07, 6.45) is 3.35. The number of ether oxygens (including phenoxy) is 1. The van der Waals surface area contributed by atoms with Gasteiger partial charge in [0.25, 0.3) is 0 Å². The molecule has 0 aliphatic rings. The third-order valence-corrected chi connectivity index (χ3v) is 4.28. The van der Waals surface area contributed by atoms with Gasteiger partial charge in [0.2, 0.25) is 10.0 Å². The zero-order chi connectivity index (χ0) is 15.6. The van der Waals surface area contributed by atoms with Crippen LogP contribution in [0, 0.1) is 0 Å². The second-order valence-electron chi connectivity index (χ2n) is 4.74. The predicted molar refractivity (Wildman–Crippen MR) is 83.7 cm³/mol. The molecule has 1 rings (SSSR count). The minimum absolute atomic E-state index is 0.0636. The Morgan fingerprint density at radius 1 is 1.14 bits per heavy atom. The van der Waals surface area contributed by atoms with E-state index in [1.165, 1.54) is 0 Å². The maximum atomic E-state index is 11.7. The Kier molecular flexibility index (Phi) is 8.11. The Bertz CT molecular complexity index is 505. The topological polar surface area (TPSA) is 102 Å². The number of benzene rings is 1. The number of sulfonamides is 1. The summed E-state index contributed by atoms with van der Waals surface area (Å²) in [6.45, 7) is 0.668. The molecule has 0 atom stereocenters. The molecule has 0 saturated heterocycles. The molecule has 4 N–H and O–H groups in total. The fraction of sp³-hybridized carbons (Fsp3) is 0.571. The van der Waals surface area contributed by atoms with Crippen LogP contribution in [0.3, 0.4) is 0 Å². The SMILES string of the molecule is Nc1ccccc1OCCS(=O)(=O)NCCCCCCO. The number of nitrogens with one attached hydrogen (secondary N) is 1. The van der Waals surface area contributed by atoms with Gasteiger partial charge in [-0.25, -0.2) is 13.1 Å². The molecule has 21 heavy (non-hydrogen) atoms. The van der Waals surface area contributed by atoms with E-state index in [1.54, 1.807) is 24.3 Å². The first-order valence-corrected chi connectivity index (χ1v) is 8.76. The Morgan fingerprint density at radius 2 is 1.86 bits per heavy atom. The zero-order valence-electron chi connectivity index (χ0n) is 12.1. The highest BCUT2D eigenvalue weighted by molar-refractivity contribution is 7.89. The van der Waals surface area contributed by atoms with Crippen molar-refractivity contribution in [2.75, 3.05) is 31.2 Å². The molecule has 6 nitrogen and oxygen atoms in total. The summed E-state index contributed by atoms with van der Waals surface area (Å²) in [5, 5.41) is 8.63. The molecule has 0 unspecified atom stereocenters. The monoisotopic (exact) mass is 316 g/mol. The molecule has 0 bridgehead atoms. The van der Waals surface area contributed by atoms with Gasteiger partial charge in [-0.15, -0.1) is 0 Å². The smallest absolute Gasteiger partial charge is 0.214 e. The summed E-state index contributed by atoms with van der Waals surface area (Å²) in [5.41, 5.74) is 6.19. The first kappa shape index (κ1) is 17.7. The van der Waals surface area contributed by atoms with Crippen LogP contribution in [0.15, 0.2) is 24.3 Å². The molecular weight excluding hydrogens is 292 g/mol. The van der Waals surface area contributed by atoms with Crippen LogP contribution in [0.1, 0.15) is 25.7 Å². The van der Waals surface area contributed by atoms with Crippen LogP contribution in [-0.4, -0.2) is 39.0 Å². The molecule has 7 heteroatoms. The van der Waals surface area contributed by atoms with E-state index in [0.29, 0.717) is 18.0 Å². The van der Waals surface area contributed by atoms with Crippen LogP contribution in [-0.2, 0) is 10.0 Å². The molecule has 0 amide bonds. The van der Waals surface area contributed by atoms with Gasteiger partial charge in [0.05, 0.1) is 11.4 Å². The molecule has 0 aliphatic heterocycles. The van der Waals surface area contributed by atoms with Crippen molar-refractivity contribution in [3.8, 4) is 5.75 Å². The first-order valence-electron chi connectivity index (χ1n) is 7.10. The largest absolute Gasteiger partial charge is 0.490 e. The first-order chi connectivity index (χ1) is 10.0. The average molecular weight is 316 g/mol. The number of aliphatic hydroxyl groups excluding tert-OH is 1.